The summed E-state index contributed by atoms with van der Waals surface area (Å²) in [7, 11) is 0. The summed E-state index contributed by atoms with van der Waals surface area (Å²) in [5, 5.41) is 0. The van der Waals surface area contributed by atoms with E-state index in [0.29, 0.717) is 25.0 Å². The van der Waals surface area contributed by atoms with Crippen molar-refractivity contribution >= 4 is 5.97 Å². The monoisotopic (exact) mass is 282 g/mol. The Morgan fingerprint density at radius 2 is 1.50 bits per heavy atom. The molecule has 2 unspecified atom stereocenters. The number of carbonyl (C=O) groups is 1. The van der Waals surface area contributed by atoms with E-state index in [4.69, 9.17) is 9.47 Å². The van der Waals surface area contributed by atoms with Crippen LogP contribution in [-0.4, -0.2) is 25.3 Å². The molecule has 2 aliphatic rings. The molecular formula is C17H30O3. The molecule has 0 aromatic rings. The molecule has 3 heteroatoms. The smallest absolute Gasteiger partial charge is 0.311 e. The standard InChI is InChI=1S/C17H30O3/c1-3-19-16(14-11-7-8-12-14)15(17(18)20-4-2)13-9-5-6-10-13/h13-16H,3-12H2,1-2H3. The van der Waals surface area contributed by atoms with E-state index in [1.54, 1.807) is 0 Å². The van der Waals surface area contributed by atoms with Crippen LogP contribution in [0.5, 0.6) is 0 Å². The second kappa shape index (κ2) is 8.02. The topological polar surface area (TPSA) is 35.5 Å². The first-order chi connectivity index (χ1) is 9.77. The van der Waals surface area contributed by atoms with Crippen LogP contribution in [0.15, 0.2) is 0 Å². The Morgan fingerprint density at radius 3 is 2.00 bits per heavy atom. The second-order valence-corrected chi connectivity index (χ2v) is 6.29. The van der Waals surface area contributed by atoms with E-state index in [1.165, 1.54) is 51.4 Å². The Hall–Kier alpha value is -0.570. The zero-order valence-electron chi connectivity index (χ0n) is 13.1. The number of hydrogen-bond donors (Lipinski definition) is 0. The van der Waals surface area contributed by atoms with Gasteiger partial charge in [-0.25, -0.2) is 0 Å². The predicted octanol–water partition coefficient (Wildman–Crippen LogP) is 3.95. The van der Waals surface area contributed by atoms with E-state index in [2.05, 4.69) is 0 Å². The predicted molar refractivity (Wildman–Crippen MR) is 79.5 cm³/mol. The summed E-state index contributed by atoms with van der Waals surface area (Å²) < 4.78 is 11.5. The zero-order valence-corrected chi connectivity index (χ0v) is 13.1. The van der Waals surface area contributed by atoms with Crippen LogP contribution in [0, 0.1) is 17.8 Å². The van der Waals surface area contributed by atoms with E-state index in [1.807, 2.05) is 13.8 Å². The maximum atomic E-state index is 12.5. The molecule has 2 aliphatic carbocycles. The zero-order chi connectivity index (χ0) is 14.4. The molecule has 2 rings (SSSR count). The Labute approximate surface area is 123 Å². The third kappa shape index (κ3) is 3.75. The lowest BCUT2D eigenvalue weighted by Gasteiger charge is -2.33. The van der Waals surface area contributed by atoms with Crippen LogP contribution in [0.4, 0.5) is 0 Å². The summed E-state index contributed by atoms with van der Waals surface area (Å²) in [6, 6.07) is 0. The molecular weight excluding hydrogens is 252 g/mol. The van der Waals surface area contributed by atoms with Crippen molar-refractivity contribution in [3.8, 4) is 0 Å². The van der Waals surface area contributed by atoms with Gasteiger partial charge in [-0.05, 0) is 51.4 Å². The van der Waals surface area contributed by atoms with Gasteiger partial charge in [-0.2, -0.15) is 0 Å². The van der Waals surface area contributed by atoms with Crippen molar-refractivity contribution in [2.45, 2.75) is 71.3 Å². The molecule has 0 N–H and O–H groups in total. The summed E-state index contributed by atoms with van der Waals surface area (Å²) in [5.74, 6) is 1.00. The highest BCUT2D eigenvalue weighted by atomic mass is 16.5. The summed E-state index contributed by atoms with van der Waals surface area (Å²) >= 11 is 0. The van der Waals surface area contributed by atoms with Gasteiger partial charge in [0.05, 0.1) is 18.6 Å². The Kier molecular flexibility index (Phi) is 6.34. The van der Waals surface area contributed by atoms with Crippen LogP contribution in [0.2, 0.25) is 0 Å². The first-order valence-corrected chi connectivity index (χ1v) is 8.56. The molecule has 2 saturated carbocycles. The Balaban J connectivity index is 2.13. The molecule has 0 radical (unpaired) electrons. The SMILES string of the molecule is CCOC(=O)C(C1CCCC1)C(OCC)C1CCCC1. The van der Waals surface area contributed by atoms with E-state index in [0.717, 1.165) is 0 Å². The van der Waals surface area contributed by atoms with Crippen LogP contribution in [-0.2, 0) is 14.3 Å². The van der Waals surface area contributed by atoms with E-state index in [9.17, 15) is 4.79 Å². The van der Waals surface area contributed by atoms with Gasteiger partial charge in [0.2, 0.25) is 0 Å². The molecule has 0 aliphatic heterocycles. The van der Waals surface area contributed by atoms with Gasteiger partial charge in [0.1, 0.15) is 0 Å². The normalized spacial score (nSPS) is 23.9. The van der Waals surface area contributed by atoms with Gasteiger partial charge < -0.3 is 9.47 Å². The number of carbonyl (C=O) groups excluding carboxylic acids is 1. The van der Waals surface area contributed by atoms with Gasteiger partial charge in [-0.1, -0.05) is 25.7 Å². The van der Waals surface area contributed by atoms with Gasteiger partial charge in [-0.15, -0.1) is 0 Å². The average Bonchev–Trinajstić information content (AvgIpc) is 3.12. The lowest BCUT2D eigenvalue weighted by molar-refractivity contribution is -0.159. The fourth-order valence-corrected chi connectivity index (χ4v) is 4.16. The lowest BCUT2D eigenvalue weighted by atomic mass is 9.80. The maximum Gasteiger partial charge on any atom is 0.311 e. The molecule has 0 spiro atoms. The largest absolute Gasteiger partial charge is 0.466 e. The van der Waals surface area contributed by atoms with Crippen molar-refractivity contribution in [2.24, 2.45) is 17.8 Å². The van der Waals surface area contributed by atoms with Crippen molar-refractivity contribution in [3.63, 3.8) is 0 Å². The molecule has 2 fully saturated rings. The van der Waals surface area contributed by atoms with Crippen molar-refractivity contribution in [2.75, 3.05) is 13.2 Å². The van der Waals surface area contributed by atoms with Gasteiger partial charge in [0, 0.05) is 6.61 Å². The fourth-order valence-electron chi connectivity index (χ4n) is 4.16. The molecule has 0 heterocycles. The quantitative estimate of drug-likeness (QED) is 0.663. The Morgan fingerprint density at radius 1 is 0.950 bits per heavy atom. The van der Waals surface area contributed by atoms with Crippen LogP contribution in [0.25, 0.3) is 0 Å². The molecule has 116 valence electrons. The molecule has 3 nitrogen and oxygen atoms in total. The second-order valence-electron chi connectivity index (χ2n) is 6.29. The lowest BCUT2D eigenvalue weighted by Crippen LogP contribution is -2.41. The number of esters is 1. The molecule has 20 heavy (non-hydrogen) atoms. The summed E-state index contributed by atoms with van der Waals surface area (Å²) in [6.07, 6.45) is 9.93. The molecule has 0 aromatic carbocycles. The summed E-state index contributed by atoms with van der Waals surface area (Å²) in [6.45, 7) is 5.11. The van der Waals surface area contributed by atoms with Gasteiger partial charge in [-0.3, -0.25) is 4.79 Å². The van der Waals surface area contributed by atoms with E-state index in [-0.39, 0.29) is 18.0 Å². The molecule has 0 aromatic heterocycles. The first-order valence-electron chi connectivity index (χ1n) is 8.56. The van der Waals surface area contributed by atoms with E-state index < -0.39 is 0 Å². The minimum Gasteiger partial charge on any atom is -0.466 e. The molecule has 0 amide bonds. The number of hydrogen-bond acceptors (Lipinski definition) is 3. The van der Waals surface area contributed by atoms with Gasteiger partial charge in [0.25, 0.3) is 0 Å². The fraction of sp³-hybridized carbons (Fsp3) is 0.941. The number of ether oxygens (including phenoxy) is 2. The van der Waals surface area contributed by atoms with Crippen molar-refractivity contribution in [1.82, 2.24) is 0 Å². The first kappa shape index (κ1) is 15.8. The highest BCUT2D eigenvalue weighted by Gasteiger charge is 2.42. The third-order valence-corrected chi connectivity index (χ3v) is 5.04. The van der Waals surface area contributed by atoms with Crippen LogP contribution in [0.1, 0.15) is 65.2 Å². The highest BCUT2D eigenvalue weighted by Crippen LogP contribution is 2.41. The molecule has 0 bridgehead atoms. The summed E-state index contributed by atoms with van der Waals surface area (Å²) in [5.41, 5.74) is 0. The van der Waals surface area contributed by atoms with Crippen LogP contribution >= 0.6 is 0 Å². The van der Waals surface area contributed by atoms with Crippen molar-refractivity contribution in [3.05, 3.63) is 0 Å². The minimum atomic E-state index is -0.0273. The highest BCUT2D eigenvalue weighted by molar-refractivity contribution is 5.73. The average molecular weight is 282 g/mol. The summed E-state index contributed by atoms with van der Waals surface area (Å²) in [4.78, 5) is 12.5. The van der Waals surface area contributed by atoms with Gasteiger partial charge >= 0.3 is 5.97 Å². The third-order valence-electron chi connectivity index (χ3n) is 5.04. The minimum absolute atomic E-state index is 0.00949. The number of rotatable bonds is 7. The van der Waals surface area contributed by atoms with Crippen LogP contribution < -0.4 is 0 Å². The van der Waals surface area contributed by atoms with Crippen LogP contribution in [0.3, 0.4) is 0 Å². The molecule has 2 atom stereocenters. The molecule has 0 saturated heterocycles. The van der Waals surface area contributed by atoms with Gasteiger partial charge in [0.15, 0.2) is 0 Å². The maximum absolute atomic E-state index is 12.5. The van der Waals surface area contributed by atoms with Crippen molar-refractivity contribution in [1.29, 1.82) is 0 Å². The van der Waals surface area contributed by atoms with E-state index >= 15 is 0 Å². The van der Waals surface area contributed by atoms with Crippen molar-refractivity contribution < 1.29 is 14.3 Å². The Bertz CT molecular complexity index is 291.